The van der Waals surface area contributed by atoms with E-state index in [4.69, 9.17) is 11.6 Å². The Kier molecular flexibility index (Phi) is 4.61. The number of nitro groups is 1. The number of nitro benzene ring substituents is 1. The number of nitrogens with zero attached hydrogens (tertiary/aromatic N) is 4. The third-order valence-corrected chi connectivity index (χ3v) is 4.22. The average molecular weight is 347 g/mol. The number of anilines is 1. The minimum atomic E-state index is -0.577. The Morgan fingerprint density at radius 3 is 2.42 bits per heavy atom. The molecule has 0 atom stereocenters. The van der Waals surface area contributed by atoms with E-state index >= 15 is 0 Å². The summed E-state index contributed by atoms with van der Waals surface area (Å²) in [4.78, 5) is 31.0. The van der Waals surface area contributed by atoms with E-state index in [-0.39, 0.29) is 22.2 Å². The van der Waals surface area contributed by atoms with Gasteiger partial charge >= 0.3 is 0 Å². The van der Waals surface area contributed by atoms with Crippen LogP contribution in [-0.2, 0) is 0 Å². The largest absolute Gasteiger partial charge is 0.368 e. The zero-order chi connectivity index (χ0) is 17.1. The third kappa shape index (κ3) is 3.30. The lowest BCUT2D eigenvalue weighted by Crippen LogP contribution is -2.48. The molecule has 124 valence electrons. The highest BCUT2D eigenvalue weighted by Gasteiger charge is 2.27. The summed E-state index contributed by atoms with van der Waals surface area (Å²) >= 11 is 5.80. The van der Waals surface area contributed by atoms with Crippen LogP contribution in [0.4, 0.5) is 11.4 Å². The number of carbonyl (C=O) groups is 1. The molecule has 1 aliphatic heterocycles. The average Bonchev–Trinajstić information content (AvgIpc) is 2.62. The van der Waals surface area contributed by atoms with Crippen LogP contribution in [0.15, 0.2) is 42.7 Å². The number of piperazine rings is 1. The van der Waals surface area contributed by atoms with Crippen LogP contribution in [0.1, 0.15) is 10.4 Å². The highest BCUT2D eigenvalue weighted by atomic mass is 35.5. The maximum absolute atomic E-state index is 12.6. The Bertz CT molecular complexity index is 761. The van der Waals surface area contributed by atoms with E-state index in [2.05, 4.69) is 9.88 Å². The molecule has 1 aromatic heterocycles. The molecule has 0 N–H and O–H groups in total. The smallest absolute Gasteiger partial charge is 0.283 e. The van der Waals surface area contributed by atoms with E-state index in [9.17, 15) is 14.9 Å². The van der Waals surface area contributed by atoms with Crippen LogP contribution >= 0.6 is 11.6 Å². The van der Waals surface area contributed by atoms with Crippen LogP contribution in [0.2, 0.25) is 5.02 Å². The number of carbonyl (C=O) groups excluding carboxylic acids is 1. The van der Waals surface area contributed by atoms with Gasteiger partial charge < -0.3 is 9.80 Å². The fraction of sp³-hybridized carbons (Fsp3) is 0.250. The van der Waals surface area contributed by atoms with Crippen molar-refractivity contribution >= 4 is 28.9 Å². The zero-order valence-electron chi connectivity index (χ0n) is 12.8. The van der Waals surface area contributed by atoms with Crippen molar-refractivity contribution in [1.82, 2.24) is 9.88 Å². The van der Waals surface area contributed by atoms with E-state index in [1.54, 1.807) is 17.3 Å². The molecular weight excluding hydrogens is 332 g/mol. The number of hydrogen-bond acceptors (Lipinski definition) is 5. The Morgan fingerprint density at radius 2 is 1.79 bits per heavy atom. The maximum atomic E-state index is 12.6. The van der Waals surface area contributed by atoms with Gasteiger partial charge in [0.2, 0.25) is 0 Å². The molecule has 7 nitrogen and oxygen atoms in total. The lowest BCUT2D eigenvalue weighted by atomic mass is 10.1. The molecule has 3 rings (SSSR count). The fourth-order valence-corrected chi connectivity index (χ4v) is 2.90. The summed E-state index contributed by atoms with van der Waals surface area (Å²) in [6.45, 7) is 2.33. The van der Waals surface area contributed by atoms with Crippen LogP contribution in [0.3, 0.4) is 0 Å². The van der Waals surface area contributed by atoms with Crippen molar-refractivity contribution in [2.75, 3.05) is 31.1 Å². The first-order valence-corrected chi connectivity index (χ1v) is 7.82. The predicted molar refractivity (Wildman–Crippen MR) is 90.5 cm³/mol. The summed E-state index contributed by atoms with van der Waals surface area (Å²) in [5, 5.41) is 11.4. The van der Waals surface area contributed by atoms with Gasteiger partial charge in [-0.3, -0.25) is 19.9 Å². The summed E-state index contributed by atoms with van der Waals surface area (Å²) in [6.07, 6.45) is 3.45. The highest BCUT2D eigenvalue weighted by Crippen LogP contribution is 2.25. The molecule has 2 heterocycles. The topological polar surface area (TPSA) is 79.6 Å². The van der Waals surface area contributed by atoms with Gasteiger partial charge in [-0.15, -0.1) is 0 Å². The quantitative estimate of drug-likeness (QED) is 0.630. The number of halogens is 1. The Labute approximate surface area is 143 Å². The summed E-state index contributed by atoms with van der Waals surface area (Å²) in [6, 6.07) is 7.96. The van der Waals surface area contributed by atoms with Crippen molar-refractivity contribution in [2.24, 2.45) is 0 Å². The molecule has 8 heteroatoms. The fourth-order valence-electron chi connectivity index (χ4n) is 2.73. The lowest BCUT2D eigenvalue weighted by molar-refractivity contribution is -0.385. The summed E-state index contributed by atoms with van der Waals surface area (Å²) in [7, 11) is 0. The Hall–Kier alpha value is -2.67. The molecule has 0 radical (unpaired) electrons. The van der Waals surface area contributed by atoms with Gasteiger partial charge in [0.25, 0.3) is 11.6 Å². The van der Waals surface area contributed by atoms with Crippen molar-refractivity contribution in [3.05, 3.63) is 63.4 Å². The van der Waals surface area contributed by atoms with Crippen LogP contribution < -0.4 is 4.90 Å². The molecular formula is C16H15ClN4O3. The second-order valence-corrected chi connectivity index (χ2v) is 5.84. The number of hydrogen-bond donors (Lipinski definition) is 0. The van der Waals surface area contributed by atoms with Crippen LogP contribution in [0.5, 0.6) is 0 Å². The first-order valence-electron chi connectivity index (χ1n) is 7.44. The van der Waals surface area contributed by atoms with Gasteiger partial charge in [-0.25, -0.2) is 0 Å². The number of benzene rings is 1. The molecule has 0 spiro atoms. The number of rotatable bonds is 3. The van der Waals surface area contributed by atoms with Crippen molar-refractivity contribution < 1.29 is 9.72 Å². The van der Waals surface area contributed by atoms with E-state index in [0.29, 0.717) is 26.2 Å². The predicted octanol–water partition coefficient (Wildman–Crippen LogP) is 2.61. The molecule has 0 bridgehead atoms. The maximum Gasteiger partial charge on any atom is 0.283 e. The summed E-state index contributed by atoms with van der Waals surface area (Å²) in [5.41, 5.74) is 0.861. The van der Waals surface area contributed by atoms with Crippen molar-refractivity contribution in [3.8, 4) is 0 Å². The zero-order valence-corrected chi connectivity index (χ0v) is 13.5. The summed E-state index contributed by atoms with van der Waals surface area (Å²) < 4.78 is 0. The molecule has 2 aromatic rings. The standard InChI is InChI=1S/C16H15ClN4O3/c17-12-1-2-14(15(11-12)21(23)24)16(22)20-9-7-19(8-10-20)13-3-5-18-6-4-13/h1-6,11H,7-10H2. The van der Waals surface area contributed by atoms with Crippen LogP contribution in [0.25, 0.3) is 0 Å². The van der Waals surface area contributed by atoms with Gasteiger partial charge in [-0.1, -0.05) is 11.6 Å². The molecule has 24 heavy (non-hydrogen) atoms. The lowest BCUT2D eigenvalue weighted by Gasteiger charge is -2.36. The molecule has 1 amide bonds. The second-order valence-electron chi connectivity index (χ2n) is 5.40. The molecule has 1 aliphatic rings. The van der Waals surface area contributed by atoms with Crippen LogP contribution in [-0.4, -0.2) is 46.9 Å². The number of amides is 1. The minimum absolute atomic E-state index is 0.0711. The molecule has 1 saturated heterocycles. The Balaban J connectivity index is 1.73. The van der Waals surface area contributed by atoms with Gasteiger partial charge in [0.05, 0.1) is 4.92 Å². The second kappa shape index (κ2) is 6.84. The van der Waals surface area contributed by atoms with Gasteiger partial charge in [-0.2, -0.15) is 0 Å². The van der Waals surface area contributed by atoms with E-state index in [1.165, 1.54) is 18.2 Å². The van der Waals surface area contributed by atoms with Gasteiger partial charge in [0.15, 0.2) is 0 Å². The Morgan fingerprint density at radius 1 is 1.12 bits per heavy atom. The highest BCUT2D eigenvalue weighted by molar-refractivity contribution is 6.31. The molecule has 0 unspecified atom stereocenters. The van der Waals surface area contributed by atoms with Crippen molar-refractivity contribution in [2.45, 2.75) is 0 Å². The monoisotopic (exact) mass is 346 g/mol. The number of pyridine rings is 1. The molecule has 0 saturated carbocycles. The van der Waals surface area contributed by atoms with E-state index in [0.717, 1.165) is 5.69 Å². The minimum Gasteiger partial charge on any atom is -0.368 e. The van der Waals surface area contributed by atoms with Gasteiger partial charge in [-0.05, 0) is 24.3 Å². The first kappa shape index (κ1) is 16.2. The SMILES string of the molecule is O=C(c1ccc(Cl)cc1[N+](=O)[O-])N1CCN(c2ccncc2)CC1. The normalized spacial score (nSPS) is 14.5. The summed E-state index contributed by atoms with van der Waals surface area (Å²) in [5.74, 6) is -0.340. The van der Waals surface area contributed by atoms with Crippen molar-refractivity contribution in [3.63, 3.8) is 0 Å². The number of aromatic nitrogens is 1. The van der Waals surface area contributed by atoms with Crippen molar-refractivity contribution in [1.29, 1.82) is 0 Å². The van der Waals surface area contributed by atoms with Crippen LogP contribution in [0, 0.1) is 10.1 Å². The van der Waals surface area contributed by atoms with E-state index < -0.39 is 4.92 Å². The first-order chi connectivity index (χ1) is 11.6. The molecule has 1 fully saturated rings. The third-order valence-electron chi connectivity index (χ3n) is 3.98. The van der Waals surface area contributed by atoms with Gasteiger partial charge in [0, 0.05) is 55.3 Å². The van der Waals surface area contributed by atoms with E-state index in [1.807, 2.05) is 12.1 Å². The van der Waals surface area contributed by atoms with Gasteiger partial charge in [0.1, 0.15) is 5.56 Å². The molecule has 0 aliphatic carbocycles. The molecule has 1 aromatic carbocycles.